The second kappa shape index (κ2) is 12.5. The number of Topliss-reactive ketones (excluding diaryl/α,β-unsaturated/α-hetero) is 1. The summed E-state index contributed by atoms with van der Waals surface area (Å²) in [6.45, 7) is 4.88. The fourth-order valence-electron chi connectivity index (χ4n) is 0.989. The molecule has 0 aromatic rings. The van der Waals surface area contributed by atoms with Crippen molar-refractivity contribution in [2.75, 3.05) is 53.2 Å². The van der Waals surface area contributed by atoms with Crippen molar-refractivity contribution in [1.29, 1.82) is 0 Å². The van der Waals surface area contributed by atoms with Crippen LogP contribution in [0.1, 0.15) is 13.3 Å². The number of likely N-dealkylation sites (N-methyl/N-ethyl adjacent to an activating group) is 1. The Kier molecular flexibility index (Phi) is 11.8. The van der Waals surface area contributed by atoms with E-state index in [4.69, 9.17) is 14.2 Å². The zero-order valence-corrected chi connectivity index (χ0v) is 11.2. The summed E-state index contributed by atoms with van der Waals surface area (Å²) in [5, 5.41) is 0. The average Bonchev–Trinajstić information content (AvgIpc) is 2.40. The molecule has 0 rings (SSSR count). The van der Waals surface area contributed by atoms with Crippen LogP contribution in [0.2, 0.25) is 0 Å². The molecule has 106 valence electrons. The molecule has 0 spiro atoms. The monoisotopic (exact) mass is 261 g/mol. The molecule has 0 aliphatic carbocycles. The maximum Gasteiger partial charge on any atom is 0.209 e. The van der Waals surface area contributed by atoms with Gasteiger partial charge in [0, 0.05) is 20.0 Å². The lowest BCUT2D eigenvalue weighted by Crippen LogP contribution is -2.22. The lowest BCUT2D eigenvalue weighted by molar-refractivity contribution is -0.123. The normalized spacial score (nSPS) is 10.3. The van der Waals surface area contributed by atoms with Gasteiger partial charge in [-0.25, -0.2) is 0 Å². The molecule has 0 aromatic heterocycles. The number of nitrogens with zero attached hydrogens (tertiary/aromatic N) is 1. The van der Waals surface area contributed by atoms with E-state index in [0.717, 1.165) is 6.41 Å². The van der Waals surface area contributed by atoms with E-state index < -0.39 is 0 Å². The summed E-state index contributed by atoms with van der Waals surface area (Å²) < 4.78 is 15.6. The number of ketones is 1. The summed E-state index contributed by atoms with van der Waals surface area (Å²) in [5.74, 6) is 0.0950. The van der Waals surface area contributed by atoms with Gasteiger partial charge in [0.1, 0.15) is 6.61 Å². The maximum absolute atomic E-state index is 10.9. The molecule has 0 bridgehead atoms. The maximum atomic E-state index is 10.9. The number of carbonyl (C=O) groups excluding carboxylic acids is 2. The second-order valence-electron chi connectivity index (χ2n) is 3.76. The largest absolute Gasteiger partial charge is 0.377 e. The number of hydrogen-bond acceptors (Lipinski definition) is 5. The van der Waals surface area contributed by atoms with Gasteiger partial charge in [0.05, 0.1) is 33.0 Å². The van der Waals surface area contributed by atoms with E-state index in [9.17, 15) is 9.59 Å². The van der Waals surface area contributed by atoms with Gasteiger partial charge in [-0.15, -0.1) is 0 Å². The number of amides is 1. The summed E-state index contributed by atoms with van der Waals surface area (Å²) in [6, 6.07) is 0. The Bertz CT molecular complexity index is 223. The predicted octanol–water partition coefficient (Wildman–Crippen LogP) is 0.104. The van der Waals surface area contributed by atoms with E-state index >= 15 is 0 Å². The summed E-state index contributed by atoms with van der Waals surface area (Å²) in [5.41, 5.74) is 0. The summed E-state index contributed by atoms with van der Waals surface area (Å²) in [6.07, 6.45) is 1.26. The summed E-state index contributed by atoms with van der Waals surface area (Å²) in [7, 11) is 1.70. The third-order valence-corrected chi connectivity index (χ3v) is 2.17. The molecule has 0 aromatic carbocycles. The quantitative estimate of drug-likeness (QED) is 0.347. The molecular formula is C12H23NO5. The first-order chi connectivity index (χ1) is 8.70. The van der Waals surface area contributed by atoms with E-state index in [-0.39, 0.29) is 12.4 Å². The van der Waals surface area contributed by atoms with Gasteiger partial charge in [-0.1, -0.05) is 6.92 Å². The molecule has 0 N–H and O–H groups in total. The fraction of sp³-hybridized carbons (Fsp3) is 0.833. The van der Waals surface area contributed by atoms with E-state index in [1.807, 2.05) is 6.92 Å². The first kappa shape index (κ1) is 17.0. The Balaban J connectivity index is 3.07. The standard InChI is InChI=1S/C12H23NO5/c1-3-12(15)10-18-9-8-17-7-6-16-5-4-13(2)11-14/h11H,3-10H2,1-2H3. The predicted molar refractivity (Wildman–Crippen MR) is 66.4 cm³/mol. The average molecular weight is 261 g/mol. The Morgan fingerprint density at radius 3 is 2.17 bits per heavy atom. The number of ether oxygens (including phenoxy) is 3. The smallest absolute Gasteiger partial charge is 0.209 e. The van der Waals surface area contributed by atoms with Gasteiger partial charge in [0.2, 0.25) is 6.41 Å². The molecule has 0 saturated carbocycles. The fourth-order valence-corrected chi connectivity index (χ4v) is 0.989. The van der Waals surface area contributed by atoms with Crippen molar-refractivity contribution >= 4 is 12.2 Å². The SMILES string of the molecule is CCC(=O)COCCOCCOCCN(C)C=O. The second-order valence-corrected chi connectivity index (χ2v) is 3.76. The zero-order valence-electron chi connectivity index (χ0n) is 11.2. The molecule has 0 aliphatic rings. The van der Waals surface area contributed by atoms with Crippen molar-refractivity contribution in [3.8, 4) is 0 Å². The van der Waals surface area contributed by atoms with Crippen molar-refractivity contribution in [3.05, 3.63) is 0 Å². The van der Waals surface area contributed by atoms with Crippen LogP contribution in [0.25, 0.3) is 0 Å². The molecule has 6 heteroatoms. The number of carbonyl (C=O) groups is 2. The third kappa shape index (κ3) is 11.5. The topological polar surface area (TPSA) is 65.1 Å². The van der Waals surface area contributed by atoms with Crippen LogP contribution in [-0.4, -0.2) is 70.3 Å². The van der Waals surface area contributed by atoms with Gasteiger partial charge in [0.15, 0.2) is 5.78 Å². The highest BCUT2D eigenvalue weighted by atomic mass is 16.5. The van der Waals surface area contributed by atoms with E-state index in [1.165, 1.54) is 4.90 Å². The summed E-state index contributed by atoms with van der Waals surface area (Å²) >= 11 is 0. The van der Waals surface area contributed by atoms with Gasteiger partial charge in [0.25, 0.3) is 0 Å². The van der Waals surface area contributed by atoms with Crippen LogP contribution in [0, 0.1) is 0 Å². The van der Waals surface area contributed by atoms with Crippen molar-refractivity contribution in [2.45, 2.75) is 13.3 Å². The minimum atomic E-state index is 0.0950. The van der Waals surface area contributed by atoms with Crippen LogP contribution >= 0.6 is 0 Å². The van der Waals surface area contributed by atoms with Gasteiger partial charge in [-0.3, -0.25) is 9.59 Å². The van der Waals surface area contributed by atoms with Crippen LogP contribution in [0.15, 0.2) is 0 Å². The minimum Gasteiger partial charge on any atom is -0.377 e. The Morgan fingerprint density at radius 1 is 1.06 bits per heavy atom. The van der Waals surface area contributed by atoms with Crippen LogP contribution in [-0.2, 0) is 23.8 Å². The molecule has 1 amide bonds. The highest BCUT2D eigenvalue weighted by Crippen LogP contribution is 1.85. The number of rotatable bonds is 13. The molecule has 0 aliphatic heterocycles. The van der Waals surface area contributed by atoms with E-state index in [0.29, 0.717) is 46.0 Å². The molecule has 0 atom stereocenters. The zero-order chi connectivity index (χ0) is 13.6. The molecule has 18 heavy (non-hydrogen) atoms. The molecule has 0 saturated heterocycles. The molecule has 0 radical (unpaired) electrons. The molecule has 0 fully saturated rings. The Morgan fingerprint density at radius 2 is 1.61 bits per heavy atom. The molecule has 0 heterocycles. The van der Waals surface area contributed by atoms with Gasteiger partial charge in [-0.2, -0.15) is 0 Å². The van der Waals surface area contributed by atoms with Crippen molar-refractivity contribution in [2.24, 2.45) is 0 Å². The molecular weight excluding hydrogens is 238 g/mol. The highest BCUT2D eigenvalue weighted by Gasteiger charge is 1.97. The number of hydrogen-bond donors (Lipinski definition) is 0. The molecule has 6 nitrogen and oxygen atoms in total. The van der Waals surface area contributed by atoms with Gasteiger partial charge < -0.3 is 19.1 Å². The van der Waals surface area contributed by atoms with Crippen LogP contribution in [0.3, 0.4) is 0 Å². The lowest BCUT2D eigenvalue weighted by Gasteiger charge is -2.10. The van der Waals surface area contributed by atoms with Crippen LogP contribution in [0.4, 0.5) is 0 Å². The first-order valence-electron chi connectivity index (χ1n) is 6.11. The van der Waals surface area contributed by atoms with Crippen molar-refractivity contribution in [3.63, 3.8) is 0 Å². The lowest BCUT2D eigenvalue weighted by atomic mass is 10.3. The first-order valence-corrected chi connectivity index (χ1v) is 6.11. The highest BCUT2D eigenvalue weighted by molar-refractivity contribution is 5.79. The Hall–Kier alpha value is -0.980. The minimum absolute atomic E-state index is 0.0950. The van der Waals surface area contributed by atoms with Crippen molar-refractivity contribution < 1.29 is 23.8 Å². The van der Waals surface area contributed by atoms with Crippen LogP contribution in [0.5, 0.6) is 0 Å². The Labute approximate surface area is 108 Å². The third-order valence-electron chi connectivity index (χ3n) is 2.17. The molecule has 0 unspecified atom stereocenters. The van der Waals surface area contributed by atoms with Gasteiger partial charge >= 0.3 is 0 Å². The van der Waals surface area contributed by atoms with E-state index in [2.05, 4.69) is 0 Å². The van der Waals surface area contributed by atoms with Crippen LogP contribution < -0.4 is 0 Å². The van der Waals surface area contributed by atoms with Crippen molar-refractivity contribution in [1.82, 2.24) is 4.90 Å². The summed E-state index contributed by atoms with van der Waals surface area (Å²) in [4.78, 5) is 22.6. The van der Waals surface area contributed by atoms with E-state index in [1.54, 1.807) is 7.05 Å². The van der Waals surface area contributed by atoms with Gasteiger partial charge in [-0.05, 0) is 0 Å².